The Labute approximate surface area is 162 Å². The van der Waals surface area contributed by atoms with Gasteiger partial charge in [-0.1, -0.05) is 13.0 Å². The van der Waals surface area contributed by atoms with Gasteiger partial charge in [0.2, 0.25) is 0 Å². The molecule has 0 aliphatic carbocycles. The zero-order valence-electron chi connectivity index (χ0n) is 15.6. The summed E-state index contributed by atoms with van der Waals surface area (Å²) in [6, 6.07) is 5.64. The van der Waals surface area contributed by atoms with Crippen molar-refractivity contribution < 1.29 is 4.79 Å². The van der Waals surface area contributed by atoms with Crippen LogP contribution in [0, 0.1) is 6.92 Å². The quantitative estimate of drug-likeness (QED) is 0.607. The second-order valence-electron chi connectivity index (χ2n) is 6.40. The van der Waals surface area contributed by atoms with Gasteiger partial charge in [0.15, 0.2) is 5.43 Å². The molecule has 3 heterocycles. The van der Waals surface area contributed by atoms with Crippen molar-refractivity contribution in [3.8, 4) is 0 Å². The number of aryl methyl sites for hydroxylation is 2. The first-order chi connectivity index (χ1) is 13.1. The zero-order valence-corrected chi connectivity index (χ0v) is 16.5. The highest BCUT2D eigenvalue weighted by Gasteiger charge is 2.19. The van der Waals surface area contributed by atoms with Gasteiger partial charge in [0.1, 0.15) is 5.56 Å². The van der Waals surface area contributed by atoms with Gasteiger partial charge < -0.3 is 14.5 Å². The van der Waals surface area contributed by atoms with E-state index in [0.29, 0.717) is 19.5 Å². The van der Waals surface area contributed by atoms with Gasteiger partial charge in [-0.05, 0) is 31.2 Å². The topological polar surface area (TPSA) is 68.9 Å². The zero-order chi connectivity index (χ0) is 19.2. The number of nitrogens with zero attached hydrogens (tertiary/aromatic N) is 3. The molecule has 0 aliphatic rings. The molecule has 0 spiro atoms. The van der Waals surface area contributed by atoms with E-state index < -0.39 is 0 Å². The van der Waals surface area contributed by atoms with Gasteiger partial charge in [-0.25, -0.2) is 4.98 Å². The summed E-state index contributed by atoms with van der Waals surface area (Å²) in [5, 5.41) is 4.93. The van der Waals surface area contributed by atoms with Gasteiger partial charge in [0, 0.05) is 47.8 Å². The third-order valence-corrected chi connectivity index (χ3v) is 5.38. The van der Waals surface area contributed by atoms with Gasteiger partial charge in [-0.15, -0.1) is 11.3 Å². The minimum absolute atomic E-state index is 0.209. The van der Waals surface area contributed by atoms with E-state index in [1.54, 1.807) is 29.9 Å². The average Bonchev–Trinajstić information content (AvgIpc) is 3.34. The molecule has 0 saturated carbocycles. The third-order valence-electron chi connectivity index (χ3n) is 4.52. The second-order valence-corrected chi connectivity index (χ2v) is 7.43. The van der Waals surface area contributed by atoms with Crippen LogP contribution in [0.2, 0.25) is 0 Å². The highest BCUT2D eigenvalue weighted by molar-refractivity contribution is 7.09. The molecule has 0 atom stereocenters. The van der Waals surface area contributed by atoms with Gasteiger partial charge in [-0.3, -0.25) is 9.59 Å². The predicted octanol–water partition coefficient (Wildman–Crippen LogP) is 2.85. The molecule has 3 aromatic rings. The number of carbonyl (C=O) groups is 1. The Bertz CT molecular complexity index is 943. The van der Waals surface area contributed by atoms with Crippen molar-refractivity contribution >= 4 is 17.2 Å². The molecule has 3 aromatic heterocycles. The number of carbonyl (C=O) groups excluding carboxylic acids is 1. The summed E-state index contributed by atoms with van der Waals surface area (Å²) < 4.78 is 4.04. The average molecular weight is 385 g/mol. The molecule has 142 valence electrons. The number of thiophene rings is 1. The maximum Gasteiger partial charge on any atom is 0.257 e. The van der Waals surface area contributed by atoms with Crippen LogP contribution < -0.4 is 10.7 Å². The summed E-state index contributed by atoms with van der Waals surface area (Å²) in [7, 11) is 0. The smallest absolute Gasteiger partial charge is 0.257 e. The summed E-state index contributed by atoms with van der Waals surface area (Å²) in [6.07, 6.45) is 6.77. The highest BCUT2D eigenvalue weighted by atomic mass is 32.1. The Morgan fingerprint density at radius 1 is 1.37 bits per heavy atom. The maximum atomic E-state index is 12.7. The van der Waals surface area contributed by atoms with Gasteiger partial charge in [0.25, 0.3) is 5.91 Å². The number of imidazole rings is 1. The van der Waals surface area contributed by atoms with E-state index in [9.17, 15) is 9.59 Å². The Morgan fingerprint density at radius 3 is 2.89 bits per heavy atom. The lowest BCUT2D eigenvalue weighted by molar-refractivity contribution is 0.0949. The van der Waals surface area contributed by atoms with E-state index >= 15 is 0 Å². The molecule has 0 aliphatic heterocycles. The normalized spacial score (nSPS) is 10.9. The van der Waals surface area contributed by atoms with E-state index in [2.05, 4.69) is 20.9 Å². The lowest BCUT2D eigenvalue weighted by atomic mass is 10.1. The van der Waals surface area contributed by atoms with Crippen LogP contribution in [0.5, 0.6) is 0 Å². The van der Waals surface area contributed by atoms with E-state index in [-0.39, 0.29) is 16.9 Å². The van der Waals surface area contributed by atoms with Crippen LogP contribution in [0.3, 0.4) is 0 Å². The maximum absolute atomic E-state index is 12.7. The lowest BCUT2D eigenvalue weighted by Gasteiger charge is -2.18. The summed E-state index contributed by atoms with van der Waals surface area (Å²) >= 11 is 1.67. The van der Waals surface area contributed by atoms with Crippen molar-refractivity contribution in [3.63, 3.8) is 0 Å². The fraction of sp³-hybridized carbons (Fsp3) is 0.350. The van der Waals surface area contributed by atoms with E-state index in [4.69, 9.17) is 0 Å². The van der Waals surface area contributed by atoms with Crippen LogP contribution in [0.25, 0.3) is 0 Å². The van der Waals surface area contributed by atoms with Gasteiger partial charge in [0.05, 0.1) is 12.9 Å². The molecule has 0 radical (unpaired) electrons. The molecule has 7 heteroatoms. The van der Waals surface area contributed by atoms with Crippen molar-refractivity contribution in [1.29, 1.82) is 0 Å². The molecule has 27 heavy (non-hydrogen) atoms. The van der Waals surface area contributed by atoms with Crippen LogP contribution in [0.15, 0.2) is 47.1 Å². The fourth-order valence-electron chi connectivity index (χ4n) is 3.19. The first-order valence-corrected chi connectivity index (χ1v) is 9.97. The number of pyridine rings is 1. The monoisotopic (exact) mass is 384 g/mol. The minimum Gasteiger partial charge on any atom is -0.352 e. The summed E-state index contributed by atoms with van der Waals surface area (Å²) in [6.45, 7) is 5.86. The van der Waals surface area contributed by atoms with Crippen LogP contribution in [-0.2, 0) is 19.5 Å². The van der Waals surface area contributed by atoms with E-state index in [1.807, 2.05) is 36.1 Å². The van der Waals surface area contributed by atoms with Crippen molar-refractivity contribution in [1.82, 2.24) is 19.4 Å². The molecule has 0 unspecified atom stereocenters. The number of hydrogen-bond acceptors (Lipinski definition) is 4. The largest absolute Gasteiger partial charge is 0.352 e. The Hall–Kier alpha value is -2.67. The molecule has 0 saturated heterocycles. The standard InChI is InChI=1S/C20H24N4O2S/c1-3-17-19(20(26)22-7-5-9-23-10-8-21-14-23)18(25)12-15(2)24(17)13-16-6-4-11-27-16/h4,6,8,10-12,14H,3,5,7,9,13H2,1-2H3,(H,22,26). The van der Waals surface area contributed by atoms with E-state index in [0.717, 1.165) is 24.4 Å². The molecule has 0 aromatic carbocycles. The molecular weight excluding hydrogens is 360 g/mol. The van der Waals surface area contributed by atoms with Crippen LogP contribution >= 0.6 is 11.3 Å². The van der Waals surface area contributed by atoms with Gasteiger partial charge >= 0.3 is 0 Å². The van der Waals surface area contributed by atoms with Gasteiger partial charge in [-0.2, -0.15) is 0 Å². The minimum atomic E-state index is -0.289. The van der Waals surface area contributed by atoms with Crippen molar-refractivity contribution in [2.24, 2.45) is 0 Å². The molecule has 0 bridgehead atoms. The Kier molecular flexibility index (Phi) is 6.24. The predicted molar refractivity (Wildman–Crippen MR) is 107 cm³/mol. The van der Waals surface area contributed by atoms with Crippen LogP contribution in [0.4, 0.5) is 0 Å². The number of rotatable bonds is 8. The number of nitrogens with one attached hydrogen (secondary N) is 1. The first kappa shape index (κ1) is 19.1. The molecular formula is C20H24N4O2S. The number of amides is 1. The first-order valence-electron chi connectivity index (χ1n) is 9.09. The molecule has 3 rings (SSSR count). The van der Waals surface area contributed by atoms with Crippen molar-refractivity contribution in [2.75, 3.05) is 6.54 Å². The van der Waals surface area contributed by atoms with Crippen LogP contribution in [-0.4, -0.2) is 26.6 Å². The van der Waals surface area contributed by atoms with E-state index in [1.165, 1.54) is 4.88 Å². The highest BCUT2D eigenvalue weighted by Crippen LogP contribution is 2.16. The molecule has 0 fully saturated rings. The molecule has 6 nitrogen and oxygen atoms in total. The number of hydrogen-bond donors (Lipinski definition) is 1. The van der Waals surface area contributed by atoms with Crippen molar-refractivity contribution in [2.45, 2.75) is 39.8 Å². The SMILES string of the molecule is CCc1c(C(=O)NCCCn2ccnc2)c(=O)cc(C)n1Cc1cccs1. The summed E-state index contributed by atoms with van der Waals surface area (Å²) in [5.74, 6) is -0.289. The molecule has 1 N–H and O–H groups in total. The van der Waals surface area contributed by atoms with Crippen LogP contribution in [0.1, 0.15) is 40.0 Å². The lowest BCUT2D eigenvalue weighted by Crippen LogP contribution is -2.33. The summed E-state index contributed by atoms with van der Waals surface area (Å²) in [5.41, 5.74) is 1.73. The summed E-state index contributed by atoms with van der Waals surface area (Å²) in [4.78, 5) is 30.5. The van der Waals surface area contributed by atoms with Crippen molar-refractivity contribution in [3.05, 3.63) is 74.4 Å². The molecule has 1 amide bonds. The third kappa shape index (κ3) is 4.54. The second kappa shape index (κ2) is 8.81. The Morgan fingerprint density at radius 2 is 2.22 bits per heavy atom. The Balaban J connectivity index is 1.76. The number of aromatic nitrogens is 3. The fourth-order valence-corrected chi connectivity index (χ4v) is 3.88.